The van der Waals surface area contributed by atoms with E-state index >= 15 is 0 Å². The van der Waals surface area contributed by atoms with Crippen LogP contribution in [-0.2, 0) is 19.1 Å². The van der Waals surface area contributed by atoms with Crippen LogP contribution in [0.4, 0.5) is 4.79 Å². The summed E-state index contributed by atoms with van der Waals surface area (Å²) in [7, 11) is 0. The van der Waals surface area contributed by atoms with Crippen LogP contribution in [0.1, 0.15) is 60.3 Å². The smallest absolute Gasteiger partial charge is 0.411 e. The van der Waals surface area contributed by atoms with Crippen molar-refractivity contribution in [1.29, 1.82) is 10.5 Å². The summed E-state index contributed by atoms with van der Waals surface area (Å²) in [6.07, 6.45) is 3.12. The summed E-state index contributed by atoms with van der Waals surface area (Å²) in [5, 5.41) is 20.5. The van der Waals surface area contributed by atoms with E-state index in [1.165, 1.54) is 6.92 Å². The van der Waals surface area contributed by atoms with E-state index in [9.17, 15) is 24.9 Å². The molecule has 2 bridgehead atoms. The summed E-state index contributed by atoms with van der Waals surface area (Å²) in [6.45, 7) is 8.48. The van der Waals surface area contributed by atoms with Gasteiger partial charge in [0.2, 0.25) is 0 Å². The minimum Gasteiger partial charge on any atom is -0.461 e. The summed E-state index contributed by atoms with van der Waals surface area (Å²) in [5.41, 5.74) is 1.24. The van der Waals surface area contributed by atoms with E-state index in [0.29, 0.717) is 23.1 Å². The molecule has 0 aromatic rings. The maximum Gasteiger partial charge on any atom is 0.411 e. The normalized spacial score (nSPS) is 27.3. The molecule has 4 aliphatic rings. The molecule has 2 aliphatic carbocycles. The number of nitrogens with zero attached hydrogens (tertiary/aromatic N) is 3. The first-order chi connectivity index (χ1) is 15.9. The number of hydrogen-bond acceptors (Lipinski definition) is 7. The van der Waals surface area contributed by atoms with Gasteiger partial charge in [-0.25, -0.2) is 4.79 Å². The van der Waals surface area contributed by atoms with Crippen molar-refractivity contribution >= 4 is 17.8 Å². The van der Waals surface area contributed by atoms with E-state index < -0.39 is 23.1 Å². The Morgan fingerprint density at radius 2 is 1.88 bits per heavy atom. The lowest BCUT2D eigenvalue weighted by Crippen LogP contribution is -2.51. The van der Waals surface area contributed by atoms with Crippen molar-refractivity contribution in [2.45, 2.75) is 78.0 Å². The highest BCUT2D eigenvalue weighted by Gasteiger charge is 2.55. The van der Waals surface area contributed by atoms with Crippen molar-refractivity contribution < 1.29 is 23.9 Å². The van der Waals surface area contributed by atoms with Crippen molar-refractivity contribution in [3.8, 4) is 12.1 Å². The zero-order valence-electron chi connectivity index (χ0n) is 20.2. The quantitative estimate of drug-likeness (QED) is 0.450. The van der Waals surface area contributed by atoms with Crippen LogP contribution in [0.25, 0.3) is 0 Å². The number of amides is 1. The number of carbonyl (C=O) groups excluding carboxylic acids is 3. The van der Waals surface area contributed by atoms with Gasteiger partial charge in [-0.15, -0.1) is 0 Å². The van der Waals surface area contributed by atoms with Crippen LogP contribution in [0.5, 0.6) is 0 Å². The number of allylic oxidation sites excluding steroid dienone is 2. The molecule has 1 saturated heterocycles. The van der Waals surface area contributed by atoms with Gasteiger partial charge in [-0.05, 0) is 57.3 Å². The van der Waals surface area contributed by atoms with Crippen molar-refractivity contribution in [2.24, 2.45) is 11.3 Å². The molecule has 34 heavy (non-hydrogen) atoms. The van der Waals surface area contributed by atoms with Crippen LogP contribution in [0, 0.1) is 34.0 Å². The van der Waals surface area contributed by atoms with Gasteiger partial charge in [0.1, 0.15) is 12.2 Å². The third-order valence-electron chi connectivity index (χ3n) is 7.25. The monoisotopic (exact) mass is 463 g/mol. The Balaban J connectivity index is 1.87. The SMILES string of the molecule is CC(=O)OCC1=C2CC(C#N)(C#N)C3=CC4CC[C@@H]([C@@H]3C(C)=C2CC1=O)N4C(=O)OC(C)(C)C. The third kappa shape index (κ3) is 3.72. The fourth-order valence-electron chi connectivity index (χ4n) is 5.83. The van der Waals surface area contributed by atoms with Gasteiger partial charge in [0.05, 0.1) is 18.2 Å². The predicted octanol–water partition coefficient (Wildman–Crippen LogP) is 3.90. The number of ether oxygens (including phenoxy) is 2. The van der Waals surface area contributed by atoms with Gasteiger partial charge in [0, 0.05) is 37.3 Å². The Labute approximate surface area is 199 Å². The van der Waals surface area contributed by atoms with Gasteiger partial charge in [-0.1, -0.05) is 11.6 Å². The first-order valence-electron chi connectivity index (χ1n) is 11.6. The van der Waals surface area contributed by atoms with Crippen LogP contribution in [0.2, 0.25) is 0 Å². The topological polar surface area (TPSA) is 120 Å². The second kappa shape index (κ2) is 8.13. The predicted molar refractivity (Wildman–Crippen MR) is 121 cm³/mol. The molecule has 0 saturated carbocycles. The molecule has 4 rings (SSSR count). The zero-order valence-corrected chi connectivity index (χ0v) is 20.2. The molecule has 0 aromatic carbocycles. The van der Waals surface area contributed by atoms with Crippen LogP contribution in [0.3, 0.4) is 0 Å². The molecule has 0 spiro atoms. The minimum atomic E-state index is -1.48. The molecule has 178 valence electrons. The number of rotatable bonds is 2. The van der Waals surface area contributed by atoms with Crippen molar-refractivity contribution in [3.63, 3.8) is 0 Å². The van der Waals surface area contributed by atoms with Crippen LogP contribution in [0.15, 0.2) is 33.9 Å². The molecule has 2 heterocycles. The zero-order chi connectivity index (χ0) is 25.0. The van der Waals surface area contributed by atoms with E-state index in [1.807, 2.05) is 33.8 Å². The maximum atomic E-state index is 13.1. The molecule has 1 amide bonds. The first-order valence-corrected chi connectivity index (χ1v) is 11.6. The standard InChI is InChI=1S/C26H29N3O5/c1-14-17-9-22(31)19(11-33-15(2)30)18(17)10-26(12-27,13-28)20-8-16-6-7-21(23(14)20)29(16)24(32)34-25(3,4)5/h8,16,21,23H,6-7,9-11H2,1-5H3/t16?,21-,23+/m0/s1. The number of esters is 1. The number of hydrogen-bond donors (Lipinski definition) is 0. The van der Waals surface area contributed by atoms with Gasteiger partial charge < -0.3 is 9.47 Å². The lowest BCUT2D eigenvalue weighted by molar-refractivity contribution is -0.140. The van der Waals surface area contributed by atoms with E-state index in [4.69, 9.17) is 9.47 Å². The second-order valence-corrected chi connectivity index (χ2v) is 10.5. The summed E-state index contributed by atoms with van der Waals surface area (Å²) in [4.78, 5) is 39.2. The van der Waals surface area contributed by atoms with Gasteiger partial charge in [-0.3, -0.25) is 14.5 Å². The molecule has 1 unspecified atom stereocenters. The van der Waals surface area contributed by atoms with Gasteiger partial charge in [-0.2, -0.15) is 10.5 Å². The third-order valence-corrected chi connectivity index (χ3v) is 7.25. The Morgan fingerprint density at radius 1 is 1.21 bits per heavy atom. The molecule has 8 nitrogen and oxygen atoms in total. The van der Waals surface area contributed by atoms with Crippen LogP contribution >= 0.6 is 0 Å². The largest absolute Gasteiger partial charge is 0.461 e. The Hall–Kier alpha value is -3.39. The average molecular weight is 464 g/mol. The fraction of sp³-hybridized carbons (Fsp3) is 0.577. The van der Waals surface area contributed by atoms with Crippen LogP contribution < -0.4 is 0 Å². The van der Waals surface area contributed by atoms with E-state index in [-0.39, 0.29) is 43.2 Å². The Kier molecular flexibility index (Phi) is 5.68. The highest BCUT2D eigenvalue weighted by molar-refractivity contribution is 6.03. The summed E-state index contributed by atoms with van der Waals surface area (Å²) < 4.78 is 10.8. The van der Waals surface area contributed by atoms with Crippen molar-refractivity contribution in [2.75, 3.05) is 6.61 Å². The molecule has 0 radical (unpaired) electrons. The lowest BCUT2D eigenvalue weighted by atomic mass is 9.69. The van der Waals surface area contributed by atoms with Gasteiger partial charge >= 0.3 is 12.1 Å². The van der Waals surface area contributed by atoms with E-state index in [2.05, 4.69) is 12.1 Å². The number of ketones is 1. The molecular weight excluding hydrogens is 434 g/mol. The summed E-state index contributed by atoms with van der Waals surface area (Å²) >= 11 is 0. The van der Waals surface area contributed by atoms with E-state index in [1.54, 1.807) is 4.90 Å². The van der Waals surface area contributed by atoms with E-state index in [0.717, 1.165) is 17.6 Å². The highest BCUT2D eigenvalue weighted by Crippen LogP contribution is 2.55. The van der Waals surface area contributed by atoms with Crippen molar-refractivity contribution in [3.05, 3.63) is 33.9 Å². The average Bonchev–Trinajstić information content (AvgIpc) is 3.20. The van der Waals surface area contributed by atoms with Gasteiger partial charge in [0.25, 0.3) is 0 Å². The fourth-order valence-corrected chi connectivity index (χ4v) is 5.83. The lowest BCUT2D eigenvalue weighted by Gasteiger charge is -2.42. The van der Waals surface area contributed by atoms with Crippen molar-refractivity contribution in [1.82, 2.24) is 4.90 Å². The Bertz CT molecular complexity index is 1140. The second-order valence-electron chi connectivity index (χ2n) is 10.5. The molecule has 0 aromatic heterocycles. The van der Waals surface area contributed by atoms with Gasteiger partial charge in [0.15, 0.2) is 11.2 Å². The molecule has 0 N–H and O–H groups in total. The summed E-state index contributed by atoms with van der Waals surface area (Å²) in [5.74, 6) is -1.02. The molecule has 8 heteroatoms. The molecule has 2 aliphatic heterocycles. The minimum absolute atomic E-state index is 0.0588. The Morgan fingerprint density at radius 3 is 2.47 bits per heavy atom. The number of fused-ring (bicyclic) bond motifs is 5. The first kappa shape index (κ1) is 23.8. The molecule has 3 atom stereocenters. The number of carbonyl (C=O) groups is 3. The highest BCUT2D eigenvalue weighted by atomic mass is 16.6. The number of nitriles is 2. The molecule has 1 fully saturated rings. The van der Waals surface area contributed by atoms with Crippen LogP contribution in [-0.4, -0.2) is 47.0 Å². The number of Topliss-reactive ketones (excluding diaryl/α,β-unsaturated/α-hetero) is 1. The summed E-state index contributed by atoms with van der Waals surface area (Å²) in [6, 6.07) is 3.98. The maximum absolute atomic E-state index is 13.1. The molecular formula is C26H29N3O5.